The van der Waals surface area contributed by atoms with Crippen molar-refractivity contribution >= 4 is 47.6 Å². The van der Waals surface area contributed by atoms with Crippen LogP contribution in [-0.2, 0) is 9.53 Å². The molecule has 0 fully saturated rings. The van der Waals surface area contributed by atoms with Gasteiger partial charge in [0.2, 0.25) is 0 Å². The van der Waals surface area contributed by atoms with E-state index in [0.29, 0.717) is 12.4 Å². The Labute approximate surface area is 75.8 Å². The molecule has 44 valence electrons. The fraction of sp³-hybridized carbons (Fsp3) is 0.750. The van der Waals surface area contributed by atoms with E-state index in [0.717, 1.165) is 0 Å². The van der Waals surface area contributed by atoms with Crippen LogP contribution >= 0.6 is 11.6 Å². The molecule has 0 aromatic rings. The van der Waals surface area contributed by atoms with Crippen molar-refractivity contribution in [1.82, 2.24) is 0 Å². The summed E-state index contributed by atoms with van der Waals surface area (Å²) in [5.41, 5.74) is 0. The predicted octanol–water partition coefficient (Wildman–Crippen LogP) is 0.138. The summed E-state index contributed by atoms with van der Waals surface area (Å²) in [7, 11) is 0. The van der Waals surface area contributed by atoms with Gasteiger partial charge < -0.3 is 4.74 Å². The molecule has 0 saturated heterocycles. The second-order valence-electron chi connectivity index (χ2n) is 1.20. The van der Waals surface area contributed by atoms with Gasteiger partial charge in [-0.25, -0.2) is 0 Å². The van der Waals surface area contributed by atoms with E-state index in [1.54, 1.807) is 6.92 Å². The van der Waals surface area contributed by atoms with Crippen LogP contribution in [0.4, 0.5) is 0 Å². The first-order chi connectivity index (χ1) is 3.31. The molecule has 0 rings (SSSR count). The number of ether oxygens (including phenoxy) is 1. The SMILES string of the molecule is CC(CCl)OC=O.[NaH]. The fourth-order valence-corrected chi connectivity index (χ4v) is 0.204. The van der Waals surface area contributed by atoms with Crippen molar-refractivity contribution in [2.24, 2.45) is 0 Å². The molecule has 0 aliphatic rings. The summed E-state index contributed by atoms with van der Waals surface area (Å²) in [5.74, 6) is 0.360. The van der Waals surface area contributed by atoms with Crippen molar-refractivity contribution in [3.05, 3.63) is 0 Å². The van der Waals surface area contributed by atoms with Gasteiger partial charge in [0, 0.05) is 0 Å². The third kappa shape index (κ3) is 6.76. The van der Waals surface area contributed by atoms with Gasteiger partial charge in [0.15, 0.2) is 0 Å². The third-order valence-electron chi connectivity index (χ3n) is 0.505. The Morgan fingerprint density at radius 2 is 2.38 bits per heavy atom. The monoisotopic (exact) mass is 146 g/mol. The molecule has 1 atom stereocenters. The molecule has 0 aromatic carbocycles. The Morgan fingerprint density at radius 1 is 1.88 bits per heavy atom. The van der Waals surface area contributed by atoms with E-state index < -0.39 is 0 Å². The molecule has 0 saturated carbocycles. The molecular weight excluding hydrogens is 138 g/mol. The average molecular weight is 147 g/mol. The molecule has 0 heterocycles. The van der Waals surface area contributed by atoms with Gasteiger partial charge in [-0.3, -0.25) is 4.79 Å². The van der Waals surface area contributed by atoms with Crippen LogP contribution < -0.4 is 0 Å². The van der Waals surface area contributed by atoms with Gasteiger partial charge in [-0.05, 0) is 6.92 Å². The first kappa shape index (κ1) is 11.5. The van der Waals surface area contributed by atoms with E-state index in [4.69, 9.17) is 11.6 Å². The summed E-state index contributed by atoms with van der Waals surface area (Å²) in [6.07, 6.45) is -0.154. The summed E-state index contributed by atoms with van der Waals surface area (Å²) in [5, 5.41) is 0. The van der Waals surface area contributed by atoms with Gasteiger partial charge in [0.25, 0.3) is 6.47 Å². The van der Waals surface area contributed by atoms with E-state index in [2.05, 4.69) is 4.74 Å². The molecule has 0 aliphatic heterocycles. The van der Waals surface area contributed by atoms with E-state index in [1.165, 1.54) is 0 Å². The second-order valence-corrected chi connectivity index (χ2v) is 1.51. The summed E-state index contributed by atoms with van der Waals surface area (Å²) in [4.78, 5) is 9.49. The first-order valence-corrected chi connectivity index (χ1v) is 2.49. The zero-order valence-electron chi connectivity index (χ0n) is 4.06. The Balaban J connectivity index is 0. The molecule has 0 radical (unpaired) electrons. The number of rotatable bonds is 3. The zero-order valence-corrected chi connectivity index (χ0v) is 4.81. The number of carbonyl (C=O) groups excluding carboxylic acids is 1. The second kappa shape index (κ2) is 7.76. The summed E-state index contributed by atoms with van der Waals surface area (Å²) < 4.78 is 4.38. The van der Waals surface area contributed by atoms with Gasteiger partial charge in [-0.1, -0.05) is 0 Å². The molecule has 4 heteroatoms. The van der Waals surface area contributed by atoms with Crippen molar-refractivity contribution in [1.29, 1.82) is 0 Å². The van der Waals surface area contributed by atoms with E-state index in [1.807, 2.05) is 0 Å². The van der Waals surface area contributed by atoms with Crippen LogP contribution in [0.1, 0.15) is 6.92 Å². The fourth-order valence-electron chi connectivity index (χ4n) is 0.131. The predicted molar refractivity (Wildman–Crippen MR) is 34.5 cm³/mol. The molecule has 1 unspecified atom stereocenters. The van der Waals surface area contributed by atoms with Crippen LogP contribution in [0, 0.1) is 0 Å². The maximum atomic E-state index is 9.49. The number of hydrogen-bond acceptors (Lipinski definition) is 2. The summed E-state index contributed by atoms with van der Waals surface area (Å²) in [6.45, 7) is 2.12. The van der Waals surface area contributed by atoms with Gasteiger partial charge >= 0.3 is 29.6 Å². The molecule has 0 aliphatic carbocycles. The number of alkyl halides is 1. The third-order valence-corrected chi connectivity index (χ3v) is 0.940. The standard InChI is InChI=1S/C4H7ClO2.Na.H/c1-4(2-5)7-3-6;;/h3-4H,2H2,1H3;;. The van der Waals surface area contributed by atoms with Crippen LogP contribution in [-0.4, -0.2) is 48.0 Å². The molecule has 0 amide bonds. The van der Waals surface area contributed by atoms with Crippen LogP contribution in [0.2, 0.25) is 0 Å². The molecular formula is C4H8ClNaO2. The van der Waals surface area contributed by atoms with Gasteiger partial charge in [-0.2, -0.15) is 0 Å². The minimum atomic E-state index is -0.154. The van der Waals surface area contributed by atoms with E-state index in [9.17, 15) is 4.79 Å². The van der Waals surface area contributed by atoms with Crippen LogP contribution in [0.5, 0.6) is 0 Å². The van der Waals surface area contributed by atoms with Gasteiger partial charge in [0.1, 0.15) is 6.10 Å². The van der Waals surface area contributed by atoms with Crippen molar-refractivity contribution in [3.63, 3.8) is 0 Å². The Bertz CT molecular complexity index is 60.0. The number of carbonyl (C=O) groups is 1. The van der Waals surface area contributed by atoms with Crippen molar-refractivity contribution in [2.75, 3.05) is 5.88 Å². The quantitative estimate of drug-likeness (QED) is 0.322. The van der Waals surface area contributed by atoms with E-state index >= 15 is 0 Å². The molecule has 8 heavy (non-hydrogen) atoms. The van der Waals surface area contributed by atoms with Crippen molar-refractivity contribution in [3.8, 4) is 0 Å². The van der Waals surface area contributed by atoms with Crippen LogP contribution in [0.15, 0.2) is 0 Å². The average Bonchev–Trinajstić information content (AvgIpc) is 1.68. The molecule has 0 N–H and O–H groups in total. The normalized spacial score (nSPS) is 11.2. The van der Waals surface area contributed by atoms with Crippen LogP contribution in [0.3, 0.4) is 0 Å². The molecule has 0 bridgehead atoms. The Morgan fingerprint density at radius 3 is 2.50 bits per heavy atom. The number of hydrogen-bond donors (Lipinski definition) is 0. The van der Waals surface area contributed by atoms with E-state index in [-0.39, 0.29) is 35.7 Å². The molecule has 0 aromatic heterocycles. The molecule has 0 spiro atoms. The van der Waals surface area contributed by atoms with Gasteiger partial charge in [-0.15, -0.1) is 11.6 Å². The Hall–Kier alpha value is 0.760. The number of halogens is 1. The molecule has 2 nitrogen and oxygen atoms in total. The van der Waals surface area contributed by atoms with Crippen LogP contribution in [0.25, 0.3) is 0 Å². The zero-order chi connectivity index (χ0) is 5.70. The van der Waals surface area contributed by atoms with Gasteiger partial charge in [0.05, 0.1) is 5.88 Å². The first-order valence-electron chi connectivity index (χ1n) is 1.96. The minimum absolute atomic E-state index is 0. The van der Waals surface area contributed by atoms with Crippen molar-refractivity contribution < 1.29 is 9.53 Å². The topological polar surface area (TPSA) is 26.3 Å². The summed E-state index contributed by atoms with van der Waals surface area (Å²) >= 11 is 5.25. The maximum absolute atomic E-state index is 9.49. The Kier molecular flexibility index (Phi) is 11.2. The van der Waals surface area contributed by atoms with Crippen molar-refractivity contribution in [2.45, 2.75) is 13.0 Å². The summed E-state index contributed by atoms with van der Waals surface area (Å²) in [6, 6.07) is 0.